The van der Waals surface area contributed by atoms with Gasteiger partial charge in [-0.1, -0.05) is 49.8 Å². The fourth-order valence-electron chi connectivity index (χ4n) is 4.46. The second kappa shape index (κ2) is 6.12. The molecule has 0 atom stereocenters. The Bertz CT molecular complexity index is 809. The minimum absolute atomic E-state index is 0.528. The first-order valence-corrected chi connectivity index (χ1v) is 9.41. The van der Waals surface area contributed by atoms with Gasteiger partial charge in [-0.15, -0.1) is 0 Å². The van der Waals surface area contributed by atoms with Crippen LogP contribution in [0.4, 0.5) is 0 Å². The van der Waals surface area contributed by atoms with E-state index in [2.05, 4.69) is 44.2 Å². The predicted molar refractivity (Wildman–Crippen MR) is 101 cm³/mol. The molecule has 0 spiro atoms. The number of rotatable bonds is 3. The van der Waals surface area contributed by atoms with Gasteiger partial charge in [0.25, 0.3) is 0 Å². The zero-order valence-electron chi connectivity index (χ0n) is 14.8. The van der Waals surface area contributed by atoms with Crippen LogP contribution < -0.4 is 0 Å². The van der Waals surface area contributed by atoms with Crippen molar-refractivity contribution in [1.29, 1.82) is 0 Å². The van der Waals surface area contributed by atoms with Crippen LogP contribution in [0.2, 0.25) is 0 Å². The van der Waals surface area contributed by atoms with Crippen molar-refractivity contribution in [1.82, 2.24) is 0 Å². The van der Waals surface area contributed by atoms with Gasteiger partial charge in [-0.05, 0) is 72.8 Å². The van der Waals surface area contributed by atoms with Crippen molar-refractivity contribution in [2.45, 2.75) is 58.8 Å². The molecule has 0 bridgehead atoms. The molecule has 0 amide bonds. The molecule has 124 valence electrons. The Morgan fingerprint density at radius 2 is 1.67 bits per heavy atom. The summed E-state index contributed by atoms with van der Waals surface area (Å²) >= 11 is 0. The SMILES string of the molecule is CCc1ccc(-c2c(CC)cc3c(c2O)C2=C(CCCC2)C3)cc1. The van der Waals surface area contributed by atoms with Crippen LogP contribution in [0, 0.1) is 0 Å². The summed E-state index contributed by atoms with van der Waals surface area (Å²) in [5, 5.41) is 11.2. The van der Waals surface area contributed by atoms with Crippen molar-refractivity contribution in [2.24, 2.45) is 0 Å². The third kappa shape index (κ3) is 2.38. The first-order valence-electron chi connectivity index (χ1n) is 9.41. The number of fused-ring (bicyclic) bond motifs is 2. The highest BCUT2D eigenvalue weighted by Gasteiger charge is 2.29. The van der Waals surface area contributed by atoms with Gasteiger partial charge in [0.05, 0.1) is 0 Å². The van der Waals surface area contributed by atoms with E-state index in [1.807, 2.05) is 0 Å². The molecule has 0 unspecified atom stereocenters. The smallest absolute Gasteiger partial charge is 0.131 e. The van der Waals surface area contributed by atoms with Gasteiger partial charge in [-0.2, -0.15) is 0 Å². The highest BCUT2D eigenvalue weighted by Crippen LogP contribution is 2.49. The summed E-state index contributed by atoms with van der Waals surface area (Å²) in [6.45, 7) is 4.36. The van der Waals surface area contributed by atoms with Crippen LogP contribution in [-0.4, -0.2) is 5.11 Å². The zero-order chi connectivity index (χ0) is 16.7. The molecule has 2 aliphatic carbocycles. The van der Waals surface area contributed by atoms with Crippen molar-refractivity contribution in [2.75, 3.05) is 0 Å². The summed E-state index contributed by atoms with van der Waals surface area (Å²) in [7, 11) is 0. The first-order chi connectivity index (χ1) is 11.7. The number of benzene rings is 2. The molecule has 0 saturated carbocycles. The van der Waals surface area contributed by atoms with E-state index in [1.54, 1.807) is 5.57 Å². The number of phenols is 1. The molecule has 2 aromatic rings. The van der Waals surface area contributed by atoms with Crippen LogP contribution in [-0.2, 0) is 19.3 Å². The lowest BCUT2D eigenvalue weighted by atomic mass is 9.88. The van der Waals surface area contributed by atoms with Crippen LogP contribution in [0.5, 0.6) is 5.75 Å². The van der Waals surface area contributed by atoms with Crippen LogP contribution in [0.1, 0.15) is 61.8 Å². The van der Waals surface area contributed by atoms with E-state index in [-0.39, 0.29) is 0 Å². The van der Waals surface area contributed by atoms with E-state index in [9.17, 15) is 5.11 Å². The molecule has 4 rings (SSSR count). The number of aryl methyl sites for hydroxylation is 2. The minimum Gasteiger partial charge on any atom is -0.507 e. The van der Waals surface area contributed by atoms with Gasteiger partial charge in [0, 0.05) is 11.1 Å². The van der Waals surface area contributed by atoms with Crippen LogP contribution in [0.25, 0.3) is 16.7 Å². The normalized spacial score (nSPS) is 16.2. The molecule has 0 aliphatic heterocycles. The Balaban J connectivity index is 1.89. The van der Waals surface area contributed by atoms with Gasteiger partial charge < -0.3 is 5.11 Å². The molecule has 24 heavy (non-hydrogen) atoms. The molecule has 1 nitrogen and oxygen atoms in total. The lowest BCUT2D eigenvalue weighted by Gasteiger charge is -2.18. The monoisotopic (exact) mass is 318 g/mol. The maximum atomic E-state index is 11.2. The van der Waals surface area contributed by atoms with Crippen LogP contribution in [0.3, 0.4) is 0 Å². The van der Waals surface area contributed by atoms with Gasteiger partial charge in [0.1, 0.15) is 5.75 Å². The zero-order valence-corrected chi connectivity index (χ0v) is 14.8. The van der Waals surface area contributed by atoms with Crippen molar-refractivity contribution < 1.29 is 5.11 Å². The molecule has 0 saturated heterocycles. The molecular formula is C23H26O. The summed E-state index contributed by atoms with van der Waals surface area (Å²) < 4.78 is 0. The Hall–Kier alpha value is -2.02. The molecule has 0 radical (unpaired) electrons. The van der Waals surface area contributed by atoms with Crippen molar-refractivity contribution in [3.8, 4) is 16.9 Å². The van der Waals surface area contributed by atoms with E-state index in [4.69, 9.17) is 0 Å². The van der Waals surface area contributed by atoms with Crippen LogP contribution >= 0.6 is 0 Å². The second-order valence-electron chi connectivity index (χ2n) is 7.16. The molecule has 0 aromatic heterocycles. The number of allylic oxidation sites excluding steroid dienone is 2. The summed E-state index contributed by atoms with van der Waals surface area (Å²) in [5.41, 5.74) is 10.4. The quantitative estimate of drug-likeness (QED) is 0.728. The number of hydrogen-bond acceptors (Lipinski definition) is 1. The van der Waals surface area contributed by atoms with E-state index < -0.39 is 0 Å². The lowest BCUT2D eigenvalue weighted by Crippen LogP contribution is -1.97. The van der Waals surface area contributed by atoms with Gasteiger partial charge in [-0.25, -0.2) is 0 Å². The summed E-state index contributed by atoms with van der Waals surface area (Å²) in [5.74, 6) is 0.528. The van der Waals surface area contributed by atoms with Crippen molar-refractivity contribution in [3.63, 3.8) is 0 Å². The largest absolute Gasteiger partial charge is 0.507 e. The average molecular weight is 318 g/mol. The first kappa shape index (κ1) is 15.5. The number of aromatic hydroxyl groups is 1. The Morgan fingerprint density at radius 1 is 0.917 bits per heavy atom. The number of hydrogen-bond donors (Lipinski definition) is 1. The minimum atomic E-state index is 0.528. The van der Waals surface area contributed by atoms with Gasteiger partial charge in [0.15, 0.2) is 0 Å². The van der Waals surface area contributed by atoms with Crippen LogP contribution in [0.15, 0.2) is 35.9 Å². The van der Waals surface area contributed by atoms with E-state index in [1.165, 1.54) is 41.5 Å². The standard InChI is InChI=1S/C23H26O/c1-3-15-9-11-17(12-10-15)21-16(4-2)13-19-14-18-7-5-6-8-20(18)22(19)23(21)24/h9-13,24H,3-8,14H2,1-2H3. The molecular weight excluding hydrogens is 292 g/mol. The van der Waals surface area contributed by atoms with Gasteiger partial charge in [-0.3, -0.25) is 0 Å². The molecule has 1 N–H and O–H groups in total. The lowest BCUT2D eigenvalue weighted by molar-refractivity contribution is 0.474. The second-order valence-corrected chi connectivity index (χ2v) is 7.16. The topological polar surface area (TPSA) is 20.2 Å². The van der Waals surface area contributed by atoms with E-state index in [0.29, 0.717) is 5.75 Å². The summed E-state index contributed by atoms with van der Waals surface area (Å²) in [4.78, 5) is 0. The Morgan fingerprint density at radius 3 is 2.38 bits per heavy atom. The third-order valence-corrected chi connectivity index (χ3v) is 5.78. The fourth-order valence-corrected chi connectivity index (χ4v) is 4.46. The maximum absolute atomic E-state index is 11.2. The van der Waals surface area contributed by atoms with Crippen molar-refractivity contribution in [3.05, 3.63) is 58.2 Å². The van der Waals surface area contributed by atoms with Gasteiger partial charge in [0.2, 0.25) is 0 Å². The highest BCUT2D eigenvalue weighted by molar-refractivity contribution is 5.88. The van der Waals surface area contributed by atoms with E-state index >= 15 is 0 Å². The molecule has 0 fully saturated rings. The average Bonchev–Trinajstić information content (AvgIpc) is 3.00. The number of phenolic OH excluding ortho intramolecular Hbond substituents is 1. The summed E-state index contributed by atoms with van der Waals surface area (Å²) in [6.07, 6.45) is 7.97. The van der Waals surface area contributed by atoms with Gasteiger partial charge >= 0.3 is 0 Å². The highest BCUT2D eigenvalue weighted by atomic mass is 16.3. The Labute approximate surface area is 145 Å². The maximum Gasteiger partial charge on any atom is 0.131 e. The third-order valence-electron chi connectivity index (χ3n) is 5.78. The molecule has 2 aromatic carbocycles. The summed E-state index contributed by atoms with van der Waals surface area (Å²) in [6, 6.07) is 11.1. The Kier molecular flexibility index (Phi) is 3.96. The molecule has 2 aliphatic rings. The molecule has 1 heteroatoms. The fraction of sp³-hybridized carbons (Fsp3) is 0.391. The molecule has 0 heterocycles. The van der Waals surface area contributed by atoms with E-state index in [0.717, 1.165) is 42.4 Å². The van der Waals surface area contributed by atoms with Crippen molar-refractivity contribution >= 4 is 5.57 Å². The predicted octanol–water partition coefficient (Wildman–Crippen LogP) is 6.07.